The van der Waals surface area contributed by atoms with Gasteiger partial charge in [-0.25, -0.2) is 0 Å². The van der Waals surface area contributed by atoms with Gasteiger partial charge < -0.3 is 19.7 Å². The summed E-state index contributed by atoms with van der Waals surface area (Å²) in [6.07, 6.45) is 2.06. The topological polar surface area (TPSA) is 67.9 Å². The van der Waals surface area contributed by atoms with Gasteiger partial charge in [-0.2, -0.15) is 0 Å². The minimum atomic E-state index is -0.314. The van der Waals surface area contributed by atoms with Gasteiger partial charge in [0, 0.05) is 42.2 Å². The van der Waals surface area contributed by atoms with Crippen LogP contribution in [0.2, 0.25) is 0 Å². The van der Waals surface area contributed by atoms with Gasteiger partial charge >= 0.3 is 0 Å². The summed E-state index contributed by atoms with van der Waals surface area (Å²) in [6.45, 7) is 0.866. The Hall–Kier alpha value is -3.02. The molecule has 2 fully saturated rings. The molecule has 1 aliphatic heterocycles. The van der Waals surface area contributed by atoms with Crippen LogP contribution in [0.15, 0.2) is 48.5 Å². The summed E-state index contributed by atoms with van der Waals surface area (Å²) in [4.78, 5) is 27.8. The zero-order valence-corrected chi connectivity index (χ0v) is 16.8. The van der Waals surface area contributed by atoms with E-state index in [9.17, 15) is 9.59 Å². The van der Waals surface area contributed by atoms with E-state index in [0.717, 1.165) is 18.4 Å². The first-order valence-corrected chi connectivity index (χ1v) is 9.97. The molecule has 1 aliphatic carbocycles. The molecule has 29 heavy (non-hydrogen) atoms. The fraction of sp³-hybridized carbons (Fsp3) is 0.391. The maximum Gasteiger partial charge on any atom is 0.253 e. The maximum atomic E-state index is 13.0. The van der Waals surface area contributed by atoms with Crippen molar-refractivity contribution in [2.24, 2.45) is 5.92 Å². The maximum absolute atomic E-state index is 13.0. The highest BCUT2D eigenvalue weighted by atomic mass is 16.5. The molecule has 1 N–H and O–H groups in total. The van der Waals surface area contributed by atoms with E-state index in [-0.39, 0.29) is 29.7 Å². The summed E-state index contributed by atoms with van der Waals surface area (Å²) in [7, 11) is 3.22. The average molecular weight is 394 g/mol. The number of hydrogen-bond donors (Lipinski definition) is 1. The van der Waals surface area contributed by atoms with Crippen LogP contribution in [0.5, 0.6) is 11.5 Å². The van der Waals surface area contributed by atoms with Gasteiger partial charge in [0.1, 0.15) is 11.5 Å². The molecular weight excluding hydrogens is 368 g/mol. The SMILES string of the molecule is COc1ccc([C@@H]2CN(C(=O)c3ccccc3)C[C@H]2C(=O)NC2CC2)c(OC)c1. The Morgan fingerprint density at radius 2 is 1.76 bits per heavy atom. The van der Waals surface area contributed by atoms with E-state index in [4.69, 9.17) is 9.47 Å². The number of carbonyl (C=O) groups is 2. The van der Waals surface area contributed by atoms with Crippen molar-refractivity contribution in [3.63, 3.8) is 0 Å². The normalized spacial score (nSPS) is 21.0. The molecular formula is C23H26N2O4. The zero-order valence-electron chi connectivity index (χ0n) is 16.8. The summed E-state index contributed by atoms with van der Waals surface area (Å²) in [5.41, 5.74) is 1.56. The molecule has 1 saturated carbocycles. The number of methoxy groups -OCH3 is 2. The summed E-state index contributed by atoms with van der Waals surface area (Å²) < 4.78 is 10.9. The number of rotatable bonds is 6. The van der Waals surface area contributed by atoms with Crippen LogP contribution in [0.1, 0.15) is 34.7 Å². The number of nitrogens with one attached hydrogen (secondary N) is 1. The van der Waals surface area contributed by atoms with E-state index in [2.05, 4.69) is 5.32 Å². The highest BCUT2D eigenvalue weighted by Gasteiger charge is 2.43. The average Bonchev–Trinajstić information content (AvgIpc) is 3.47. The van der Waals surface area contributed by atoms with Crippen molar-refractivity contribution in [1.29, 1.82) is 0 Å². The molecule has 1 heterocycles. The molecule has 0 aromatic heterocycles. The van der Waals surface area contributed by atoms with Crippen molar-refractivity contribution in [3.05, 3.63) is 59.7 Å². The predicted octanol–water partition coefficient (Wildman–Crippen LogP) is 2.84. The van der Waals surface area contributed by atoms with Gasteiger partial charge in [0.05, 0.1) is 20.1 Å². The minimum Gasteiger partial charge on any atom is -0.497 e. The fourth-order valence-electron chi connectivity index (χ4n) is 3.97. The number of carbonyl (C=O) groups excluding carboxylic acids is 2. The largest absolute Gasteiger partial charge is 0.497 e. The van der Waals surface area contributed by atoms with Crippen LogP contribution in [0, 0.1) is 5.92 Å². The first-order valence-electron chi connectivity index (χ1n) is 9.97. The first kappa shape index (κ1) is 19.3. The summed E-state index contributed by atoms with van der Waals surface area (Å²) in [5, 5.41) is 3.11. The first-order chi connectivity index (χ1) is 14.1. The van der Waals surface area contributed by atoms with Crippen LogP contribution in [0.3, 0.4) is 0 Å². The van der Waals surface area contributed by atoms with Gasteiger partial charge in [0.15, 0.2) is 0 Å². The lowest BCUT2D eigenvalue weighted by Gasteiger charge is -2.21. The number of likely N-dealkylation sites (tertiary alicyclic amines) is 1. The standard InChI is InChI=1S/C23H26N2O4/c1-28-17-10-11-18(21(12-17)29-2)19-13-25(23(27)15-6-4-3-5-7-15)14-20(19)22(26)24-16-8-9-16/h3-7,10-12,16,19-20H,8-9,13-14H2,1-2H3,(H,24,26)/t19-,20+/m0/s1. The molecule has 2 aromatic rings. The molecule has 152 valence electrons. The van der Waals surface area contributed by atoms with E-state index in [1.165, 1.54) is 0 Å². The molecule has 2 aromatic carbocycles. The number of ether oxygens (including phenoxy) is 2. The quantitative estimate of drug-likeness (QED) is 0.818. The van der Waals surface area contributed by atoms with Gasteiger partial charge in [-0.05, 0) is 31.0 Å². The molecule has 1 saturated heterocycles. The monoisotopic (exact) mass is 394 g/mol. The third kappa shape index (κ3) is 4.06. The van der Waals surface area contributed by atoms with Crippen molar-refractivity contribution in [1.82, 2.24) is 10.2 Å². The number of nitrogens with zero attached hydrogens (tertiary/aromatic N) is 1. The van der Waals surface area contributed by atoms with Crippen molar-refractivity contribution in [2.45, 2.75) is 24.8 Å². The second-order valence-corrected chi connectivity index (χ2v) is 7.68. The molecule has 0 unspecified atom stereocenters. The summed E-state index contributed by atoms with van der Waals surface area (Å²) >= 11 is 0. The second kappa shape index (κ2) is 8.15. The van der Waals surface area contributed by atoms with E-state index >= 15 is 0 Å². The lowest BCUT2D eigenvalue weighted by molar-refractivity contribution is -0.125. The van der Waals surface area contributed by atoms with E-state index in [1.54, 1.807) is 19.1 Å². The molecule has 4 rings (SSSR count). The Bertz CT molecular complexity index is 895. The molecule has 6 nitrogen and oxygen atoms in total. The van der Waals surface area contributed by atoms with Gasteiger partial charge in [-0.1, -0.05) is 24.3 Å². The third-order valence-electron chi connectivity index (χ3n) is 5.73. The Morgan fingerprint density at radius 3 is 2.41 bits per heavy atom. The molecule has 2 aliphatic rings. The minimum absolute atomic E-state index is 0.0127. The fourth-order valence-corrected chi connectivity index (χ4v) is 3.97. The van der Waals surface area contributed by atoms with E-state index in [0.29, 0.717) is 30.2 Å². The van der Waals surface area contributed by atoms with Gasteiger partial charge in [0.25, 0.3) is 5.91 Å². The Morgan fingerprint density at radius 1 is 1.00 bits per heavy atom. The van der Waals surface area contributed by atoms with Crippen LogP contribution in [0.25, 0.3) is 0 Å². The van der Waals surface area contributed by atoms with Crippen LogP contribution in [-0.2, 0) is 4.79 Å². The molecule has 0 spiro atoms. The van der Waals surface area contributed by atoms with Gasteiger partial charge in [-0.15, -0.1) is 0 Å². The number of amides is 2. The van der Waals surface area contributed by atoms with Crippen molar-refractivity contribution >= 4 is 11.8 Å². The van der Waals surface area contributed by atoms with Crippen molar-refractivity contribution in [2.75, 3.05) is 27.3 Å². The van der Waals surface area contributed by atoms with Crippen LogP contribution < -0.4 is 14.8 Å². The molecule has 2 atom stereocenters. The highest BCUT2D eigenvalue weighted by Crippen LogP contribution is 2.40. The van der Waals surface area contributed by atoms with Crippen LogP contribution in [0.4, 0.5) is 0 Å². The summed E-state index contributed by atoms with van der Waals surface area (Å²) in [5.74, 6) is 0.878. The number of hydrogen-bond acceptors (Lipinski definition) is 4. The lowest BCUT2D eigenvalue weighted by atomic mass is 9.87. The van der Waals surface area contributed by atoms with Crippen LogP contribution in [-0.4, -0.2) is 50.1 Å². The molecule has 0 bridgehead atoms. The Kier molecular flexibility index (Phi) is 5.43. The Balaban J connectivity index is 1.64. The molecule has 6 heteroatoms. The molecule has 0 radical (unpaired) electrons. The van der Waals surface area contributed by atoms with E-state index in [1.807, 2.05) is 48.5 Å². The van der Waals surface area contributed by atoms with Crippen molar-refractivity contribution < 1.29 is 19.1 Å². The van der Waals surface area contributed by atoms with Crippen LogP contribution >= 0.6 is 0 Å². The summed E-state index contributed by atoms with van der Waals surface area (Å²) in [6, 6.07) is 15.1. The third-order valence-corrected chi connectivity index (χ3v) is 5.73. The number of benzene rings is 2. The van der Waals surface area contributed by atoms with Crippen molar-refractivity contribution in [3.8, 4) is 11.5 Å². The van der Waals surface area contributed by atoms with Gasteiger partial charge in [0.2, 0.25) is 5.91 Å². The second-order valence-electron chi connectivity index (χ2n) is 7.68. The lowest BCUT2D eigenvalue weighted by Crippen LogP contribution is -2.36. The highest BCUT2D eigenvalue weighted by molar-refractivity contribution is 5.95. The molecule has 2 amide bonds. The van der Waals surface area contributed by atoms with E-state index < -0.39 is 0 Å². The Labute approximate surface area is 170 Å². The predicted molar refractivity (Wildman–Crippen MR) is 109 cm³/mol. The zero-order chi connectivity index (χ0) is 20.4. The smallest absolute Gasteiger partial charge is 0.253 e. The van der Waals surface area contributed by atoms with Gasteiger partial charge in [-0.3, -0.25) is 9.59 Å².